The zero-order valence-electron chi connectivity index (χ0n) is 12.6. The molecule has 22 heavy (non-hydrogen) atoms. The molecule has 0 saturated carbocycles. The van der Waals surface area contributed by atoms with Gasteiger partial charge in [-0.2, -0.15) is 0 Å². The van der Waals surface area contributed by atoms with Gasteiger partial charge in [0.1, 0.15) is 0 Å². The number of benzene rings is 2. The number of carbonyl (C=O) groups is 1. The zero-order chi connectivity index (χ0) is 15.8. The van der Waals surface area contributed by atoms with Crippen molar-refractivity contribution >= 4 is 29.3 Å². The van der Waals surface area contributed by atoms with Crippen LogP contribution < -0.4 is 5.32 Å². The average Bonchev–Trinajstić information content (AvgIpc) is 2.53. The molecule has 0 aromatic heterocycles. The topological polar surface area (TPSA) is 29.1 Å². The van der Waals surface area contributed by atoms with Crippen molar-refractivity contribution in [1.29, 1.82) is 0 Å². The molecule has 1 N–H and O–H groups in total. The maximum absolute atomic E-state index is 12.0. The van der Waals surface area contributed by atoms with Gasteiger partial charge in [0.2, 0.25) is 5.91 Å². The van der Waals surface area contributed by atoms with Crippen LogP contribution in [0, 0.1) is 0 Å². The van der Waals surface area contributed by atoms with Gasteiger partial charge in [-0.05, 0) is 37.5 Å². The van der Waals surface area contributed by atoms with E-state index in [2.05, 4.69) is 17.4 Å². The van der Waals surface area contributed by atoms with Gasteiger partial charge < -0.3 is 5.32 Å². The maximum atomic E-state index is 12.0. The summed E-state index contributed by atoms with van der Waals surface area (Å²) in [4.78, 5) is 12.9. The van der Waals surface area contributed by atoms with Gasteiger partial charge in [-0.1, -0.05) is 54.1 Å². The second-order valence-corrected chi connectivity index (χ2v) is 6.64. The van der Waals surface area contributed by atoms with E-state index in [1.165, 1.54) is 17.3 Å². The zero-order valence-corrected chi connectivity index (χ0v) is 14.2. The predicted molar refractivity (Wildman–Crippen MR) is 94.5 cm³/mol. The Labute approximate surface area is 141 Å². The van der Waals surface area contributed by atoms with E-state index in [0.29, 0.717) is 10.8 Å². The van der Waals surface area contributed by atoms with Gasteiger partial charge >= 0.3 is 0 Å². The summed E-state index contributed by atoms with van der Waals surface area (Å²) >= 11 is 7.55. The van der Waals surface area contributed by atoms with Crippen molar-refractivity contribution in [2.75, 3.05) is 5.75 Å². The highest BCUT2D eigenvalue weighted by Crippen LogP contribution is 2.26. The van der Waals surface area contributed by atoms with Crippen molar-refractivity contribution in [3.63, 3.8) is 0 Å². The molecule has 2 rings (SSSR count). The Kier molecular flexibility index (Phi) is 6.81. The second kappa shape index (κ2) is 8.86. The summed E-state index contributed by atoms with van der Waals surface area (Å²) in [5, 5.41) is 3.73. The average molecular weight is 334 g/mol. The molecule has 0 heterocycles. The molecule has 2 aromatic rings. The Hall–Kier alpha value is -1.45. The van der Waals surface area contributed by atoms with Gasteiger partial charge in [-0.15, -0.1) is 11.8 Å². The van der Waals surface area contributed by atoms with Crippen LogP contribution in [0.2, 0.25) is 5.02 Å². The lowest BCUT2D eigenvalue weighted by Crippen LogP contribution is -2.34. The summed E-state index contributed by atoms with van der Waals surface area (Å²) in [6.45, 7) is 2.04. The minimum Gasteiger partial charge on any atom is -0.353 e. The van der Waals surface area contributed by atoms with Crippen molar-refractivity contribution in [2.45, 2.75) is 30.7 Å². The third-order valence-corrected chi connectivity index (χ3v) is 4.83. The lowest BCUT2D eigenvalue weighted by atomic mass is 10.1. The van der Waals surface area contributed by atoms with E-state index in [1.807, 2.05) is 49.4 Å². The summed E-state index contributed by atoms with van der Waals surface area (Å²) in [5.74, 6) is 0.435. The standard InChI is InChI=1S/C18H20ClNOS/c1-14(11-12-15-7-3-2-4-8-15)20-18(21)13-22-17-10-6-5-9-16(17)19/h2-10,14H,11-13H2,1H3,(H,20,21)/t14-/m1/s1. The third kappa shape index (κ3) is 5.74. The van der Waals surface area contributed by atoms with Crippen LogP contribution in [0.1, 0.15) is 18.9 Å². The molecule has 116 valence electrons. The summed E-state index contributed by atoms with van der Waals surface area (Å²) in [6, 6.07) is 18.1. The van der Waals surface area contributed by atoms with Crippen LogP contribution in [0.4, 0.5) is 0 Å². The second-order valence-electron chi connectivity index (χ2n) is 5.21. The number of hydrogen-bond acceptors (Lipinski definition) is 2. The van der Waals surface area contributed by atoms with Gasteiger partial charge in [0, 0.05) is 10.9 Å². The molecule has 2 nitrogen and oxygen atoms in total. The van der Waals surface area contributed by atoms with Gasteiger partial charge in [-0.25, -0.2) is 0 Å². The Morgan fingerprint density at radius 2 is 1.82 bits per heavy atom. The van der Waals surface area contributed by atoms with Gasteiger partial charge in [-0.3, -0.25) is 4.79 Å². The van der Waals surface area contributed by atoms with E-state index < -0.39 is 0 Å². The smallest absolute Gasteiger partial charge is 0.230 e. The van der Waals surface area contributed by atoms with Crippen molar-refractivity contribution < 1.29 is 4.79 Å². The SMILES string of the molecule is C[C@H](CCc1ccccc1)NC(=O)CSc1ccccc1Cl. The highest BCUT2D eigenvalue weighted by molar-refractivity contribution is 8.00. The fraction of sp³-hybridized carbons (Fsp3) is 0.278. The van der Waals surface area contributed by atoms with Crippen molar-refractivity contribution in [2.24, 2.45) is 0 Å². The number of hydrogen-bond donors (Lipinski definition) is 1. The molecule has 0 aliphatic carbocycles. The van der Waals surface area contributed by atoms with Gasteiger partial charge in [0.15, 0.2) is 0 Å². The Morgan fingerprint density at radius 1 is 1.14 bits per heavy atom. The lowest BCUT2D eigenvalue weighted by molar-refractivity contribution is -0.119. The highest BCUT2D eigenvalue weighted by atomic mass is 35.5. The summed E-state index contributed by atoms with van der Waals surface area (Å²) < 4.78 is 0. The molecule has 0 aliphatic heterocycles. The van der Waals surface area contributed by atoms with Crippen LogP contribution >= 0.6 is 23.4 Å². The number of nitrogens with one attached hydrogen (secondary N) is 1. The number of aryl methyl sites for hydroxylation is 1. The van der Waals surface area contributed by atoms with E-state index in [0.717, 1.165) is 17.7 Å². The minimum atomic E-state index is 0.0467. The van der Waals surface area contributed by atoms with Crippen molar-refractivity contribution in [1.82, 2.24) is 5.32 Å². The molecule has 0 fully saturated rings. The number of thioether (sulfide) groups is 1. The quantitative estimate of drug-likeness (QED) is 0.752. The number of halogens is 1. The molecule has 0 radical (unpaired) electrons. The number of carbonyl (C=O) groups excluding carboxylic acids is 1. The first-order valence-corrected chi connectivity index (χ1v) is 8.72. The summed E-state index contributed by atoms with van der Waals surface area (Å²) in [5.41, 5.74) is 1.30. The maximum Gasteiger partial charge on any atom is 0.230 e. The van der Waals surface area contributed by atoms with Crippen molar-refractivity contribution in [3.8, 4) is 0 Å². The molecule has 0 spiro atoms. The highest BCUT2D eigenvalue weighted by Gasteiger charge is 2.09. The van der Waals surface area contributed by atoms with Crippen LogP contribution in [-0.2, 0) is 11.2 Å². The Bertz CT molecular complexity index is 603. The molecule has 4 heteroatoms. The van der Waals surface area contributed by atoms with E-state index in [4.69, 9.17) is 11.6 Å². The van der Waals surface area contributed by atoms with Crippen LogP contribution in [0.25, 0.3) is 0 Å². The number of rotatable bonds is 7. The monoisotopic (exact) mass is 333 g/mol. The van der Waals surface area contributed by atoms with Crippen LogP contribution in [0.15, 0.2) is 59.5 Å². The predicted octanol–water partition coefficient (Wildman–Crippen LogP) is 4.57. The van der Waals surface area contributed by atoms with E-state index >= 15 is 0 Å². The summed E-state index contributed by atoms with van der Waals surface area (Å²) in [6.07, 6.45) is 1.91. The Balaban J connectivity index is 1.71. The molecule has 0 saturated heterocycles. The molecule has 2 aromatic carbocycles. The van der Waals surface area contributed by atoms with Crippen LogP contribution in [0.3, 0.4) is 0 Å². The normalized spacial score (nSPS) is 11.9. The lowest BCUT2D eigenvalue weighted by Gasteiger charge is -2.14. The van der Waals surface area contributed by atoms with Gasteiger partial charge in [0.05, 0.1) is 10.8 Å². The fourth-order valence-corrected chi connectivity index (χ4v) is 3.17. The molecule has 1 amide bonds. The van der Waals surface area contributed by atoms with Gasteiger partial charge in [0.25, 0.3) is 0 Å². The van der Waals surface area contributed by atoms with Crippen molar-refractivity contribution in [3.05, 3.63) is 65.2 Å². The molecule has 1 atom stereocenters. The molecule has 0 unspecified atom stereocenters. The van der Waals surface area contributed by atoms with Crippen LogP contribution in [-0.4, -0.2) is 17.7 Å². The third-order valence-electron chi connectivity index (χ3n) is 3.31. The molecule has 0 aliphatic rings. The molecular formula is C18H20ClNOS. The summed E-state index contributed by atoms with van der Waals surface area (Å²) in [7, 11) is 0. The minimum absolute atomic E-state index is 0.0467. The van der Waals surface area contributed by atoms with E-state index in [-0.39, 0.29) is 11.9 Å². The first-order valence-electron chi connectivity index (χ1n) is 7.36. The fourth-order valence-electron chi connectivity index (χ4n) is 2.12. The molecular weight excluding hydrogens is 314 g/mol. The number of amides is 1. The van der Waals surface area contributed by atoms with E-state index in [9.17, 15) is 4.79 Å². The molecule has 0 bridgehead atoms. The first-order chi connectivity index (χ1) is 10.6. The first kappa shape index (κ1) is 16.9. The van der Waals surface area contributed by atoms with E-state index in [1.54, 1.807) is 0 Å². The largest absolute Gasteiger partial charge is 0.353 e. The van der Waals surface area contributed by atoms with Crippen LogP contribution in [0.5, 0.6) is 0 Å². The Morgan fingerprint density at radius 3 is 2.55 bits per heavy atom.